The summed E-state index contributed by atoms with van der Waals surface area (Å²) < 4.78 is 2.02. The number of rotatable bonds is 3. The largest absolute Gasteiger partial charge is 0.348 e. The van der Waals surface area contributed by atoms with E-state index in [2.05, 4.69) is 43.0 Å². The first kappa shape index (κ1) is 14.8. The fourth-order valence-electron chi connectivity index (χ4n) is 4.24. The number of likely N-dealkylation sites (tertiary alicyclic amines) is 1. The summed E-state index contributed by atoms with van der Waals surface area (Å²) in [5, 5.41) is 8.53. The summed E-state index contributed by atoms with van der Waals surface area (Å²) in [6.45, 7) is 7.11. The molecule has 2 saturated heterocycles. The topological polar surface area (TPSA) is 62.5 Å². The van der Waals surface area contributed by atoms with Crippen molar-refractivity contribution in [2.24, 2.45) is 0 Å². The molecule has 2 bridgehead atoms. The Hall–Kier alpha value is -2.54. The maximum Gasteiger partial charge on any atom is 0.203 e. The number of pyridine rings is 1. The predicted octanol–water partition coefficient (Wildman–Crippen LogP) is 1.60. The average Bonchev–Trinajstić information content (AvgIpc) is 3.31. The third-order valence-electron chi connectivity index (χ3n) is 5.59. The number of aryl methyl sites for hydroxylation is 2. The molecule has 7 nitrogen and oxygen atoms in total. The number of fused-ring (bicyclic) bond motifs is 3. The monoisotopic (exact) mass is 335 g/mol. The van der Waals surface area contributed by atoms with Gasteiger partial charge in [-0.2, -0.15) is 0 Å². The highest BCUT2D eigenvalue weighted by atomic mass is 15.4. The van der Waals surface area contributed by atoms with Gasteiger partial charge in [-0.15, -0.1) is 10.2 Å². The van der Waals surface area contributed by atoms with Gasteiger partial charge in [0, 0.05) is 56.0 Å². The SMILES string of the molecule is Cc1ncccc1CN1CC2CC1CN2c1nccn2c(C)nnc12. The molecule has 25 heavy (non-hydrogen) atoms. The van der Waals surface area contributed by atoms with Gasteiger partial charge in [-0.05, 0) is 31.9 Å². The molecule has 2 atom stereocenters. The summed E-state index contributed by atoms with van der Waals surface area (Å²) in [6.07, 6.45) is 6.83. The molecule has 7 heteroatoms. The van der Waals surface area contributed by atoms with Crippen molar-refractivity contribution in [3.05, 3.63) is 47.8 Å². The number of piperazine rings is 1. The molecule has 0 saturated carbocycles. The van der Waals surface area contributed by atoms with Gasteiger partial charge in [-0.3, -0.25) is 14.3 Å². The zero-order chi connectivity index (χ0) is 17.0. The molecule has 128 valence electrons. The molecule has 0 aromatic carbocycles. The van der Waals surface area contributed by atoms with Gasteiger partial charge < -0.3 is 4.90 Å². The Morgan fingerprint density at radius 1 is 1.08 bits per heavy atom. The zero-order valence-corrected chi connectivity index (χ0v) is 14.5. The highest BCUT2D eigenvalue weighted by Gasteiger charge is 2.44. The van der Waals surface area contributed by atoms with Crippen molar-refractivity contribution < 1.29 is 0 Å². The van der Waals surface area contributed by atoms with Crippen molar-refractivity contribution in [3.8, 4) is 0 Å². The van der Waals surface area contributed by atoms with E-state index < -0.39 is 0 Å². The standard InChI is InChI=1S/C18H21N7/c1-12-14(4-3-5-19-12)9-23-10-16-8-15(23)11-25(16)17-18-22-21-13(2)24(18)7-6-20-17/h3-7,15-16H,8-11H2,1-2H3. The minimum atomic E-state index is 0.498. The average molecular weight is 335 g/mol. The fourth-order valence-corrected chi connectivity index (χ4v) is 4.24. The summed E-state index contributed by atoms with van der Waals surface area (Å²) in [5.41, 5.74) is 3.32. The summed E-state index contributed by atoms with van der Waals surface area (Å²) in [6, 6.07) is 5.28. The van der Waals surface area contributed by atoms with Crippen molar-refractivity contribution >= 4 is 11.5 Å². The van der Waals surface area contributed by atoms with Gasteiger partial charge in [0.2, 0.25) is 5.65 Å². The van der Waals surface area contributed by atoms with Crippen molar-refractivity contribution in [2.45, 2.75) is 38.9 Å². The van der Waals surface area contributed by atoms with E-state index in [4.69, 9.17) is 0 Å². The molecule has 3 aromatic heterocycles. The zero-order valence-electron chi connectivity index (χ0n) is 14.5. The summed E-state index contributed by atoms with van der Waals surface area (Å²) >= 11 is 0. The molecule has 0 N–H and O–H groups in total. The third-order valence-corrected chi connectivity index (χ3v) is 5.59. The molecular weight excluding hydrogens is 314 g/mol. The third kappa shape index (κ3) is 2.30. The van der Waals surface area contributed by atoms with Crippen LogP contribution in [0.1, 0.15) is 23.5 Å². The molecule has 0 radical (unpaired) electrons. The molecule has 0 aliphatic carbocycles. The maximum absolute atomic E-state index is 4.62. The van der Waals surface area contributed by atoms with Gasteiger partial charge >= 0.3 is 0 Å². The van der Waals surface area contributed by atoms with Crippen LogP contribution in [0.3, 0.4) is 0 Å². The molecule has 2 aliphatic heterocycles. The van der Waals surface area contributed by atoms with E-state index in [0.717, 1.165) is 42.6 Å². The Labute approximate surface area is 146 Å². The first-order valence-electron chi connectivity index (χ1n) is 8.78. The van der Waals surface area contributed by atoms with E-state index in [9.17, 15) is 0 Å². The van der Waals surface area contributed by atoms with Crippen LogP contribution in [-0.4, -0.2) is 54.6 Å². The van der Waals surface area contributed by atoms with Crippen molar-refractivity contribution in [2.75, 3.05) is 18.0 Å². The number of hydrogen-bond acceptors (Lipinski definition) is 6. The highest BCUT2D eigenvalue weighted by molar-refractivity contribution is 5.65. The van der Waals surface area contributed by atoms with Gasteiger partial charge in [-0.1, -0.05) is 6.07 Å². The Morgan fingerprint density at radius 2 is 2.00 bits per heavy atom. The van der Waals surface area contributed by atoms with Crippen molar-refractivity contribution in [1.29, 1.82) is 0 Å². The lowest BCUT2D eigenvalue weighted by Crippen LogP contribution is -2.46. The van der Waals surface area contributed by atoms with Crippen molar-refractivity contribution in [1.82, 2.24) is 29.5 Å². The van der Waals surface area contributed by atoms with E-state index >= 15 is 0 Å². The molecule has 3 aromatic rings. The minimum absolute atomic E-state index is 0.498. The summed E-state index contributed by atoms with van der Waals surface area (Å²) in [7, 11) is 0. The smallest absolute Gasteiger partial charge is 0.203 e. The molecule has 2 aliphatic rings. The van der Waals surface area contributed by atoms with Crippen LogP contribution < -0.4 is 4.90 Å². The minimum Gasteiger partial charge on any atom is -0.348 e. The van der Waals surface area contributed by atoms with Gasteiger partial charge in [0.25, 0.3) is 0 Å². The quantitative estimate of drug-likeness (QED) is 0.724. The van der Waals surface area contributed by atoms with E-state index in [1.165, 1.54) is 12.0 Å². The number of anilines is 1. The number of hydrogen-bond donors (Lipinski definition) is 0. The molecule has 0 amide bonds. The van der Waals surface area contributed by atoms with Crippen LogP contribution in [0.4, 0.5) is 5.82 Å². The molecule has 5 rings (SSSR count). The second-order valence-corrected chi connectivity index (χ2v) is 7.06. The molecular formula is C18H21N7. The second kappa shape index (κ2) is 5.49. The fraction of sp³-hybridized carbons (Fsp3) is 0.444. The molecule has 0 spiro atoms. The van der Waals surface area contributed by atoms with Crippen LogP contribution in [0.2, 0.25) is 0 Å². The van der Waals surface area contributed by atoms with Crippen molar-refractivity contribution in [3.63, 3.8) is 0 Å². The first-order valence-corrected chi connectivity index (χ1v) is 8.78. The van der Waals surface area contributed by atoms with Crippen LogP contribution in [0.5, 0.6) is 0 Å². The molecule has 5 heterocycles. The van der Waals surface area contributed by atoms with Crippen LogP contribution in [0, 0.1) is 13.8 Å². The normalized spacial score (nSPS) is 23.0. The first-order chi connectivity index (χ1) is 12.2. The predicted molar refractivity (Wildman–Crippen MR) is 94.4 cm³/mol. The lowest BCUT2D eigenvalue weighted by Gasteiger charge is -2.35. The number of nitrogens with zero attached hydrogens (tertiary/aromatic N) is 7. The Bertz CT molecular complexity index is 934. The van der Waals surface area contributed by atoms with Gasteiger partial charge in [-0.25, -0.2) is 4.98 Å². The lowest BCUT2D eigenvalue weighted by atomic mass is 10.1. The number of aromatic nitrogens is 5. The van der Waals surface area contributed by atoms with Gasteiger partial charge in [0.15, 0.2) is 5.82 Å². The Morgan fingerprint density at radius 3 is 2.80 bits per heavy atom. The highest BCUT2D eigenvalue weighted by Crippen LogP contribution is 2.35. The van der Waals surface area contributed by atoms with Gasteiger partial charge in [0.05, 0.1) is 0 Å². The van der Waals surface area contributed by atoms with Crippen LogP contribution in [0.25, 0.3) is 5.65 Å². The molecule has 2 unspecified atom stereocenters. The summed E-state index contributed by atoms with van der Waals surface area (Å²) in [5.74, 6) is 1.87. The Balaban J connectivity index is 1.38. The van der Waals surface area contributed by atoms with Crippen LogP contribution in [0.15, 0.2) is 30.7 Å². The van der Waals surface area contributed by atoms with E-state index in [1.54, 1.807) is 0 Å². The van der Waals surface area contributed by atoms with E-state index in [0.29, 0.717) is 12.1 Å². The molecule has 2 fully saturated rings. The van der Waals surface area contributed by atoms with E-state index in [-0.39, 0.29) is 0 Å². The summed E-state index contributed by atoms with van der Waals surface area (Å²) in [4.78, 5) is 14.0. The van der Waals surface area contributed by atoms with E-state index in [1.807, 2.05) is 36.0 Å². The van der Waals surface area contributed by atoms with Gasteiger partial charge in [0.1, 0.15) is 5.82 Å². The Kier molecular flexibility index (Phi) is 3.24. The van der Waals surface area contributed by atoms with Crippen LogP contribution in [-0.2, 0) is 6.54 Å². The maximum atomic E-state index is 4.62. The van der Waals surface area contributed by atoms with Crippen LogP contribution >= 0.6 is 0 Å². The second-order valence-electron chi connectivity index (χ2n) is 7.06. The lowest BCUT2D eigenvalue weighted by molar-refractivity contribution is 0.229.